The zero-order valence-electron chi connectivity index (χ0n) is 28.2. The van der Waals surface area contributed by atoms with Gasteiger partial charge in [-0.3, -0.25) is 0 Å². The Morgan fingerprint density at radius 3 is 1.44 bits per heavy atom. The fourth-order valence-electron chi connectivity index (χ4n) is 7.49. The van der Waals surface area contributed by atoms with E-state index in [0.717, 1.165) is 38.9 Å². The summed E-state index contributed by atoms with van der Waals surface area (Å²) in [6, 6.07) is 66.5. The molecule has 242 valence electrons. The Labute approximate surface area is 301 Å². The summed E-state index contributed by atoms with van der Waals surface area (Å²) in [4.78, 5) is 15.1. The average molecular weight is 662 g/mol. The molecule has 0 fully saturated rings. The second-order valence-corrected chi connectivity index (χ2v) is 13.2. The smallest absolute Gasteiger partial charge is 0.164 e. The first-order valence-corrected chi connectivity index (χ1v) is 17.6. The normalized spacial score (nSPS) is 11.5. The molecule has 0 bridgehead atoms. The van der Waals surface area contributed by atoms with Crippen molar-refractivity contribution in [2.75, 3.05) is 0 Å². The molecule has 0 saturated carbocycles. The van der Waals surface area contributed by atoms with Crippen molar-refractivity contribution in [3.05, 3.63) is 188 Å². The van der Waals surface area contributed by atoms with E-state index in [-0.39, 0.29) is 0 Å². The zero-order valence-corrected chi connectivity index (χ0v) is 28.2. The molecule has 0 aliphatic heterocycles. The van der Waals surface area contributed by atoms with E-state index in [1.165, 1.54) is 43.1 Å². The standard InChI is InChI=1S/C49H31N3/c1-3-11-32(12-4-1)36-16-9-18-40(30-36)48-50-47(35-14-5-2-6-15-35)51-49(52-48)41-19-10-17-37(31-41)38-24-26-42-39(29-38)25-28-45-44(42)27-23-34-22-21-33-13-7-8-20-43(33)46(34)45/h1-31H. The van der Waals surface area contributed by atoms with Crippen LogP contribution < -0.4 is 0 Å². The van der Waals surface area contributed by atoms with Gasteiger partial charge in [-0.1, -0.05) is 170 Å². The Balaban J connectivity index is 1.07. The van der Waals surface area contributed by atoms with Crippen LogP contribution in [0.1, 0.15) is 0 Å². The van der Waals surface area contributed by atoms with Crippen molar-refractivity contribution < 1.29 is 0 Å². The van der Waals surface area contributed by atoms with E-state index in [2.05, 4.69) is 152 Å². The van der Waals surface area contributed by atoms with Gasteiger partial charge in [-0.25, -0.2) is 15.0 Å². The second kappa shape index (κ2) is 12.4. The molecule has 10 rings (SSSR count). The van der Waals surface area contributed by atoms with Crippen LogP contribution in [-0.2, 0) is 0 Å². The van der Waals surface area contributed by atoms with Crippen molar-refractivity contribution >= 4 is 43.1 Å². The van der Waals surface area contributed by atoms with Gasteiger partial charge in [0.1, 0.15) is 0 Å². The maximum Gasteiger partial charge on any atom is 0.164 e. The molecule has 3 heteroatoms. The van der Waals surface area contributed by atoms with E-state index in [4.69, 9.17) is 15.0 Å². The number of hydrogen-bond donors (Lipinski definition) is 0. The first-order chi connectivity index (χ1) is 25.7. The molecule has 1 aromatic heterocycles. The van der Waals surface area contributed by atoms with Crippen molar-refractivity contribution in [1.29, 1.82) is 0 Å². The molecule has 0 amide bonds. The fraction of sp³-hybridized carbons (Fsp3) is 0. The van der Waals surface area contributed by atoms with Crippen LogP contribution in [0.15, 0.2) is 188 Å². The van der Waals surface area contributed by atoms with Crippen LogP contribution in [0, 0.1) is 0 Å². The summed E-state index contributed by atoms with van der Waals surface area (Å²) in [5, 5.41) is 10.1. The number of fused-ring (bicyclic) bond motifs is 7. The molecular weight excluding hydrogens is 631 g/mol. The lowest BCUT2D eigenvalue weighted by molar-refractivity contribution is 1.07. The van der Waals surface area contributed by atoms with Crippen LogP contribution in [0.3, 0.4) is 0 Å². The number of benzene rings is 9. The highest BCUT2D eigenvalue weighted by molar-refractivity contribution is 6.24. The van der Waals surface area contributed by atoms with Gasteiger partial charge in [0.25, 0.3) is 0 Å². The molecule has 0 aliphatic rings. The first kappa shape index (κ1) is 29.9. The highest BCUT2D eigenvalue weighted by Gasteiger charge is 2.15. The van der Waals surface area contributed by atoms with Gasteiger partial charge in [0, 0.05) is 16.7 Å². The molecule has 9 aromatic carbocycles. The minimum atomic E-state index is 0.640. The molecule has 0 radical (unpaired) electrons. The van der Waals surface area contributed by atoms with E-state index < -0.39 is 0 Å². The molecule has 0 unspecified atom stereocenters. The largest absolute Gasteiger partial charge is 0.208 e. The predicted octanol–water partition coefficient (Wildman–Crippen LogP) is 12.8. The van der Waals surface area contributed by atoms with Gasteiger partial charge in [0.05, 0.1) is 0 Å². The van der Waals surface area contributed by atoms with Crippen LogP contribution in [0.4, 0.5) is 0 Å². The first-order valence-electron chi connectivity index (χ1n) is 17.6. The van der Waals surface area contributed by atoms with Crippen molar-refractivity contribution in [2.45, 2.75) is 0 Å². The third kappa shape index (κ3) is 5.28. The second-order valence-electron chi connectivity index (χ2n) is 13.2. The topological polar surface area (TPSA) is 38.7 Å². The zero-order chi connectivity index (χ0) is 34.4. The van der Waals surface area contributed by atoms with Gasteiger partial charge >= 0.3 is 0 Å². The molecule has 0 N–H and O–H groups in total. The summed E-state index contributed by atoms with van der Waals surface area (Å²) in [7, 11) is 0. The minimum Gasteiger partial charge on any atom is -0.208 e. The molecule has 0 saturated heterocycles. The summed E-state index contributed by atoms with van der Waals surface area (Å²) in [6.07, 6.45) is 0. The Morgan fingerprint density at radius 1 is 0.231 bits per heavy atom. The number of nitrogens with zero attached hydrogens (tertiary/aromatic N) is 3. The van der Waals surface area contributed by atoms with Gasteiger partial charge < -0.3 is 0 Å². The molecular formula is C49H31N3. The monoisotopic (exact) mass is 661 g/mol. The Bertz CT molecular complexity index is 2950. The van der Waals surface area contributed by atoms with Crippen molar-refractivity contribution in [3.8, 4) is 56.4 Å². The van der Waals surface area contributed by atoms with Gasteiger partial charge in [-0.05, 0) is 83.5 Å². The fourth-order valence-corrected chi connectivity index (χ4v) is 7.49. The van der Waals surface area contributed by atoms with Crippen molar-refractivity contribution in [1.82, 2.24) is 15.0 Å². The van der Waals surface area contributed by atoms with Gasteiger partial charge in [0.2, 0.25) is 0 Å². The van der Waals surface area contributed by atoms with Crippen LogP contribution in [-0.4, -0.2) is 15.0 Å². The van der Waals surface area contributed by atoms with Gasteiger partial charge in [-0.15, -0.1) is 0 Å². The number of aromatic nitrogens is 3. The molecule has 0 spiro atoms. The van der Waals surface area contributed by atoms with Crippen molar-refractivity contribution in [2.24, 2.45) is 0 Å². The lowest BCUT2D eigenvalue weighted by Crippen LogP contribution is -2.00. The lowest BCUT2D eigenvalue weighted by atomic mass is 9.92. The molecule has 0 atom stereocenters. The maximum absolute atomic E-state index is 5.08. The summed E-state index contributed by atoms with van der Waals surface area (Å²) < 4.78 is 0. The van der Waals surface area contributed by atoms with E-state index in [1.54, 1.807) is 0 Å². The van der Waals surface area contributed by atoms with Gasteiger partial charge in [0.15, 0.2) is 17.5 Å². The van der Waals surface area contributed by atoms with Crippen LogP contribution in [0.25, 0.3) is 99.5 Å². The summed E-state index contributed by atoms with van der Waals surface area (Å²) in [5.41, 5.74) is 7.36. The van der Waals surface area contributed by atoms with Crippen LogP contribution in [0.2, 0.25) is 0 Å². The summed E-state index contributed by atoms with van der Waals surface area (Å²) in [5.74, 6) is 1.93. The predicted molar refractivity (Wildman–Crippen MR) is 217 cm³/mol. The van der Waals surface area contributed by atoms with E-state index in [9.17, 15) is 0 Å². The quantitative estimate of drug-likeness (QED) is 0.172. The molecule has 10 aromatic rings. The number of hydrogen-bond acceptors (Lipinski definition) is 3. The van der Waals surface area contributed by atoms with Crippen LogP contribution >= 0.6 is 0 Å². The van der Waals surface area contributed by atoms with E-state index in [0.29, 0.717) is 17.5 Å². The van der Waals surface area contributed by atoms with Crippen LogP contribution in [0.5, 0.6) is 0 Å². The van der Waals surface area contributed by atoms with E-state index in [1.807, 2.05) is 36.4 Å². The highest BCUT2D eigenvalue weighted by atomic mass is 15.0. The van der Waals surface area contributed by atoms with E-state index >= 15 is 0 Å². The molecule has 52 heavy (non-hydrogen) atoms. The molecule has 1 heterocycles. The summed E-state index contributed by atoms with van der Waals surface area (Å²) in [6.45, 7) is 0. The lowest BCUT2D eigenvalue weighted by Gasteiger charge is -2.12. The molecule has 0 aliphatic carbocycles. The molecule has 3 nitrogen and oxygen atoms in total. The highest BCUT2D eigenvalue weighted by Crippen LogP contribution is 2.37. The Hall–Kier alpha value is -6.97. The average Bonchev–Trinajstić information content (AvgIpc) is 3.23. The Kier molecular flexibility index (Phi) is 7.14. The summed E-state index contributed by atoms with van der Waals surface area (Å²) >= 11 is 0. The minimum absolute atomic E-state index is 0.640. The van der Waals surface area contributed by atoms with Gasteiger partial charge in [-0.2, -0.15) is 0 Å². The number of rotatable bonds is 5. The third-order valence-electron chi connectivity index (χ3n) is 10.1. The van der Waals surface area contributed by atoms with Crippen molar-refractivity contribution in [3.63, 3.8) is 0 Å². The maximum atomic E-state index is 5.08. The Morgan fingerprint density at radius 2 is 0.712 bits per heavy atom. The SMILES string of the molecule is c1ccc(-c2cccc(-c3nc(-c4ccccc4)nc(-c4cccc(-c5ccc6c(ccc7c6ccc6ccc8ccccc8c67)c5)c4)n3)c2)cc1. The third-order valence-corrected chi connectivity index (χ3v) is 10.1.